The molecule has 1 atom stereocenters. The van der Waals surface area contributed by atoms with Gasteiger partial charge in [-0.25, -0.2) is 4.39 Å². The summed E-state index contributed by atoms with van der Waals surface area (Å²) < 4.78 is 13.1. The van der Waals surface area contributed by atoms with E-state index in [2.05, 4.69) is 20.8 Å². The van der Waals surface area contributed by atoms with E-state index in [-0.39, 0.29) is 11.2 Å². The molecule has 1 unspecified atom stereocenters. The van der Waals surface area contributed by atoms with Crippen molar-refractivity contribution in [2.75, 3.05) is 0 Å². The van der Waals surface area contributed by atoms with Crippen LogP contribution in [-0.2, 0) is 12.0 Å². The normalized spacial score (nSPS) is 23.8. The lowest BCUT2D eigenvalue weighted by Crippen LogP contribution is -2.24. The SMILES string of the molecule is CC(C)(C)CCC1(O)CCc2cc(F)ccc21. The van der Waals surface area contributed by atoms with Crippen molar-refractivity contribution in [3.8, 4) is 0 Å². The Morgan fingerprint density at radius 2 is 2.06 bits per heavy atom. The highest BCUT2D eigenvalue weighted by Crippen LogP contribution is 2.42. The highest BCUT2D eigenvalue weighted by Gasteiger charge is 2.37. The van der Waals surface area contributed by atoms with E-state index in [1.165, 1.54) is 6.07 Å². The van der Waals surface area contributed by atoms with Gasteiger partial charge in [-0.05, 0) is 54.4 Å². The van der Waals surface area contributed by atoms with Gasteiger partial charge in [0.15, 0.2) is 0 Å². The quantitative estimate of drug-likeness (QED) is 0.828. The predicted octanol–water partition coefficient (Wildman–Crippen LogP) is 3.79. The van der Waals surface area contributed by atoms with Crippen molar-refractivity contribution < 1.29 is 9.50 Å². The lowest BCUT2D eigenvalue weighted by atomic mass is 9.82. The standard InChI is InChI=1S/C15H21FO/c1-14(2,3)8-9-15(17)7-6-11-10-12(16)4-5-13(11)15/h4-5,10,17H,6-9H2,1-3H3. The number of aryl methyl sites for hydroxylation is 1. The van der Waals surface area contributed by atoms with Crippen molar-refractivity contribution in [1.82, 2.24) is 0 Å². The van der Waals surface area contributed by atoms with E-state index in [4.69, 9.17) is 0 Å². The van der Waals surface area contributed by atoms with Crippen molar-refractivity contribution in [2.24, 2.45) is 5.41 Å². The van der Waals surface area contributed by atoms with Crippen LogP contribution in [0.3, 0.4) is 0 Å². The van der Waals surface area contributed by atoms with E-state index in [0.29, 0.717) is 0 Å². The highest BCUT2D eigenvalue weighted by atomic mass is 19.1. The average molecular weight is 236 g/mol. The summed E-state index contributed by atoms with van der Waals surface area (Å²) in [4.78, 5) is 0. The van der Waals surface area contributed by atoms with Gasteiger partial charge in [0.05, 0.1) is 5.60 Å². The minimum Gasteiger partial charge on any atom is -0.385 e. The lowest BCUT2D eigenvalue weighted by Gasteiger charge is -2.28. The Labute approximate surface area is 103 Å². The third kappa shape index (κ3) is 2.68. The molecule has 0 fully saturated rings. The molecule has 0 radical (unpaired) electrons. The Morgan fingerprint density at radius 1 is 1.35 bits per heavy atom. The van der Waals surface area contributed by atoms with Crippen LogP contribution in [0.2, 0.25) is 0 Å². The minimum atomic E-state index is -0.740. The second-order valence-electron chi connectivity index (χ2n) is 6.39. The van der Waals surface area contributed by atoms with Crippen LogP contribution in [0.5, 0.6) is 0 Å². The van der Waals surface area contributed by atoms with E-state index in [0.717, 1.165) is 36.8 Å². The van der Waals surface area contributed by atoms with Crippen molar-refractivity contribution in [1.29, 1.82) is 0 Å². The average Bonchev–Trinajstić information content (AvgIpc) is 2.53. The van der Waals surface area contributed by atoms with Crippen LogP contribution in [-0.4, -0.2) is 5.11 Å². The third-order valence-corrected chi connectivity index (χ3v) is 3.67. The number of rotatable bonds is 2. The minimum absolute atomic E-state index is 0.205. The summed E-state index contributed by atoms with van der Waals surface area (Å²) in [6, 6.07) is 4.76. The molecule has 94 valence electrons. The molecule has 1 N–H and O–H groups in total. The van der Waals surface area contributed by atoms with Gasteiger partial charge in [0.25, 0.3) is 0 Å². The Morgan fingerprint density at radius 3 is 2.71 bits per heavy atom. The monoisotopic (exact) mass is 236 g/mol. The molecule has 0 saturated heterocycles. The molecule has 0 aliphatic heterocycles. The molecule has 17 heavy (non-hydrogen) atoms. The summed E-state index contributed by atoms with van der Waals surface area (Å²) in [5.41, 5.74) is 1.39. The van der Waals surface area contributed by atoms with Gasteiger partial charge in [-0.1, -0.05) is 26.8 Å². The van der Waals surface area contributed by atoms with Gasteiger partial charge in [-0.15, -0.1) is 0 Å². The summed E-state index contributed by atoms with van der Waals surface area (Å²) in [6.07, 6.45) is 3.24. The van der Waals surface area contributed by atoms with Gasteiger partial charge >= 0.3 is 0 Å². The second kappa shape index (κ2) is 4.09. The van der Waals surface area contributed by atoms with Gasteiger partial charge in [0.2, 0.25) is 0 Å². The molecule has 2 rings (SSSR count). The first kappa shape index (κ1) is 12.6. The Hall–Kier alpha value is -0.890. The van der Waals surface area contributed by atoms with Crippen LogP contribution in [0.15, 0.2) is 18.2 Å². The first-order valence-electron chi connectivity index (χ1n) is 6.31. The number of halogens is 1. The van der Waals surface area contributed by atoms with E-state index in [9.17, 15) is 9.50 Å². The second-order valence-corrected chi connectivity index (χ2v) is 6.39. The van der Waals surface area contributed by atoms with Crippen molar-refractivity contribution in [3.05, 3.63) is 35.1 Å². The lowest BCUT2D eigenvalue weighted by molar-refractivity contribution is 0.0185. The Balaban J connectivity index is 2.20. The largest absolute Gasteiger partial charge is 0.385 e. The molecular formula is C15H21FO. The Bertz CT molecular complexity index is 419. The molecule has 0 spiro atoms. The summed E-state index contributed by atoms with van der Waals surface area (Å²) >= 11 is 0. The molecule has 1 aliphatic carbocycles. The van der Waals surface area contributed by atoms with Gasteiger partial charge in [0.1, 0.15) is 5.82 Å². The highest BCUT2D eigenvalue weighted by molar-refractivity contribution is 5.37. The first-order chi connectivity index (χ1) is 7.80. The molecule has 0 amide bonds. The number of fused-ring (bicyclic) bond motifs is 1. The topological polar surface area (TPSA) is 20.2 Å². The molecule has 1 nitrogen and oxygen atoms in total. The maximum atomic E-state index is 13.1. The molecule has 0 saturated carbocycles. The van der Waals surface area contributed by atoms with Crippen molar-refractivity contribution in [3.63, 3.8) is 0 Å². The van der Waals surface area contributed by atoms with Crippen LogP contribution in [0, 0.1) is 11.2 Å². The maximum absolute atomic E-state index is 13.1. The molecule has 0 heterocycles. The van der Waals surface area contributed by atoms with Gasteiger partial charge in [0, 0.05) is 0 Å². The molecule has 1 aromatic carbocycles. The number of aliphatic hydroxyl groups is 1. The summed E-state index contributed by atoms with van der Waals surface area (Å²) in [7, 11) is 0. The molecule has 0 bridgehead atoms. The Kier molecular flexibility index (Phi) is 3.03. The van der Waals surface area contributed by atoms with Crippen LogP contribution in [0.4, 0.5) is 4.39 Å². The third-order valence-electron chi connectivity index (χ3n) is 3.67. The van der Waals surface area contributed by atoms with Gasteiger partial charge < -0.3 is 5.11 Å². The summed E-state index contributed by atoms with van der Waals surface area (Å²) in [6.45, 7) is 6.53. The molecule has 2 heteroatoms. The zero-order valence-electron chi connectivity index (χ0n) is 10.9. The smallest absolute Gasteiger partial charge is 0.123 e. The zero-order valence-corrected chi connectivity index (χ0v) is 10.9. The van der Waals surface area contributed by atoms with Gasteiger partial charge in [-0.3, -0.25) is 0 Å². The van der Waals surface area contributed by atoms with Crippen molar-refractivity contribution >= 4 is 0 Å². The molecular weight excluding hydrogens is 215 g/mol. The number of hydrogen-bond donors (Lipinski definition) is 1. The first-order valence-corrected chi connectivity index (χ1v) is 6.31. The molecule has 1 aromatic rings. The van der Waals surface area contributed by atoms with E-state index >= 15 is 0 Å². The van der Waals surface area contributed by atoms with Gasteiger partial charge in [-0.2, -0.15) is 0 Å². The summed E-state index contributed by atoms with van der Waals surface area (Å²) in [5, 5.41) is 10.7. The van der Waals surface area contributed by atoms with E-state index in [1.54, 1.807) is 12.1 Å². The fourth-order valence-corrected chi connectivity index (χ4v) is 2.54. The van der Waals surface area contributed by atoms with Crippen LogP contribution in [0.25, 0.3) is 0 Å². The number of benzene rings is 1. The van der Waals surface area contributed by atoms with Crippen LogP contribution >= 0.6 is 0 Å². The molecule has 1 aliphatic rings. The van der Waals surface area contributed by atoms with Crippen LogP contribution in [0.1, 0.15) is 51.2 Å². The van der Waals surface area contributed by atoms with Crippen molar-refractivity contribution in [2.45, 2.75) is 52.1 Å². The predicted molar refractivity (Wildman–Crippen MR) is 67.3 cm³/mol. The van der Waals surface area contributed by atoms with E-state index < -0.39 is 5.60 Å². The van der Waals surface area contributed by atoms with E-state index in [1.807, 2.05) is 0 Å². The number of hydrogen-bond acceptors (Lipinski definition) is 1. The fraction of sp³-hybridized carbons (Fsp3) is 0.600. The summed E-state index contributed by atoms with van der Waals surface area (Å²) in [5.74, 6) is -0.205. The van der Waals surface area contributed by atoms with Crippen LogP contribution < -0.4 is 0 Å². The fourth-order valence-electron chi connectivity index (χ4n) is 2.54. The molecule has 0 aromatic heterocycles. The maximum Gasteiger partial charge on any atom is 0.123 e. The zero-order chi connectivity index (χ0) is 12.7.